The summed E-state index contributed by atoms with van der Waals surface area (Å²) >= 11 is 1.84. The van der Waals surface area contributed by atoms with E-state index in [0.717, 1.165) is 11.8 Å². The molecule has 1 N–H and O–H groups in total. The van der Waals surface area contributed by atoms with Crippen LogP contribution in [0.5, 0.6) is 0 Å². The fourth-order valence-corrected chi connectivity index (χ4v) is 4.99. The molecule has 0 saturated heterocycles. The Bertz CT molecular complexity index is 376. The van der Waals surface area contributed by atoms with Crippen LogP contribution in [0.3, 0.4) is 0 Å². The number of hydrogen-bond acceptors (Lipinski definition) is 3. The van der Waals surface area contributed by atoms with Gasteiger partial charge in [-0.1, -0.05) is 13.3 Å². The van der Waals surface area contributed by atoms with E-state index in [-0.39, 0.29) is 0 Å². The molecule has 2 aliphatic rings. The Morgan fingerprint density at radius 3 is 3.06 bits per heavy atom. The van der Waals surface area contributed by atoms with Gasteiger partial charge in [0, 0.05) is 17.6 Å². The minimum atomic E-state index is 0.546. The van der Waals surface area contributed by atoms with Crippen molar-refractivity contribution < 1.29 is 0 Å². The van der Waals surface area contributed by atoms with Crippen molar-refractivity contribution in [3.63, 3.8) is 0 Å². The average Bonchev–Trinajstić information content (AvgIpc) is 3.06. The van der Waals surface area contributed by atoms with Crippen LogP contribution < -0.4 is 5.32 Å². The number of nitrogens with zero attached hydrogens (tertiary/aromatic N) is 1. The van der Waals surface area contributed by atoms with Gasteiger partial charge >= 0.3 is 0 Å². The molecule has 0 spiro atoms. The normalized spacial score (nSPS) is 34.3. The maximum absolute atomic E-state index is 4.25. The Morgan fingerprint density at radius 2 is 2.44 bits per heavy atom. The number of hydrogen-bond donors (Lipinski definition) is 1. The first-order valence-electron chi connectivity index (χ1n) is 7.40. The second-order valence-corrected chi connectivity index (χ2v) is 7.23. The van der Waals surface area contributed by atoms with Crippen molar-refractivity contribution in [1.82, 2.24) is 10.3 Å². The van der Waals surface area contributed by atoms with Crippen LogP contribution in [0, 0.1) is 17.3 Å². The third-order valence-corrected chi connectivity index (χ3v) is 5.80. The van der Waals surface area contributed by atoms with Crippen molar-refractivity contribution in [2.24, 2.45) is 17.3 Å². The van der Waals surface area contributed by atoms with E-state index in [1.807, 2.05) is 16.8 Å². The summed E-state index contributed by atoms with van der Waals surface area (Å²) < 4.78 is 0. The number of aromatic nitrogens is 1. The van der Waals surface area contributed by atoms with Crippen LogP contribution in [0.15, 0.2) is 11.7 Å². The van der Waals surface area contributed by atoms with E-state index < -0.39 is 0 Å². The fourth-order valence-electron chi connectivity index (χ4n) is 4.24. The van der Waals surface area contributed by atoms with Gasteiger partial charge in [0.05, 0.1) is 5.51 Å². The molecule has 2 nitrogen and oxygen atoms in total. The summed E-state index contributed by atoms with van der Waals surface area (Å²) in [6, 6.07) is 0. The van der Waals surface area contributed by atoms with Crippen LogP contribution in [-0.2, 0) is 6.42 Å². The molecule has 3 heteroatoms. The molecule has 0 radical (unpaired) electrons. The van der Waals surface area contributed by atoms with Crippen molar-refractivity contribution in [2.75, 3.05) is 13.1 Å². The summed E-state index contributed by atoms with van der Waals surface area (Å²) in [5.74, 6) is 1.99. The highest BCUT2D eigenvalue weighted by Crippen LogP contribution is 2.57. The molecule has 2 aliphatic carbocycles. The van der Waals surface area contributed by atoms with Crippen molar-refractivity contribution in [3.05, 3.63) is 16.6 Å². The molecule has 2 fully saturated rings. The highest BCUT2D eigenvalue weighted by Gasteiger charge is 2.50. The first kappa shape index (κ1) is 12.6. The zero-order chi connectivity index (χ0) is 12.4. The van der Waals surface area contributed by atoms with Gasteiger partial charge in [0.1, 0.15) is 0 Å². The Morgan fingerprint density at radius 1 is 1.50 bits per heavy atom. The lowest BCUT2D eigenvalue weighted by atomic mass is 9.70. The van der Waals surface area contributed by atoms with E-state index in [9.17, 15) is 0 Å². The minimum absolute atomic E-state index is 0.546. The van der Waals surface area contributed by atoms with Gasteiger partial charge in [0.25, 0.3) is 0 Å². The Balaban J connectivity index is 1.71. The van der Waals surface area contributed by atoms with Crippen LogP contribution in [0.2, 0.25) is 0 Å². The van der Waals surface area contributed by atoms with E-state index >= 15 is 0 Å². The van der Waals surface area contributed by atoms with Gasteiger partial charge < -0.3 is 5.32 Å². The Kier molecular flexibility index (Phi) is 3.71. The summed E-state index contributed by atoms with van der Waals surface area (Å²) in [7, 11) is 0. The number of nitrogens with one attached hydrogen (secondary N) is 1. The molecule has 1 aromatic rings. The maximum Gasteiger partial charge on any atom is 0.0794 e. The summed E-state index contributed by atoms with van der Waals surface area (Å²) in [6.07, 6.45) is 10.5. The third kappa shape index (κ3) is 2.35. The molecule has 2 bridgehead atoms. The molecule has 0 aromatic carbocycles. The van der Waals surface area contributed by atoms with Gasteiger partial charge in [-0.3, -0.25) is 4.98 Å². The monoisotopic (exact) mass is 264 g/mol. The molecule has 0 aliphatic heterocycles. The molecule has 3 unspecified atom stereocenters. The Labute approximate surface area is 114 Å². The van der Waals surface area contributed by atoms with Gasteiger partial charge in [0.2, 0.25) is 0 Å². The molecule has 3 rings (SSSR count). The highest BCUT2D eigenvalue weighted by molar-refractivity contribution is 7.09. The number of rotatable bonds is 6. The standard InChI is InChI=1S/C15H24N2S/c1-2-5-16-10-15(8-14-9-17-11-18-14)7-12-3-4-13(15)6-12/h9,11-13,16H,2-8,10H2,1H3. The first-order chi connectivity index (χ1) is 8.82. The van der Waals surface area contributed by atoms with Gasteiger partial charge in [-0.15, -0.1) is 11.3 Å². The summed E-state index contributed by atoms with van der Waals surface area (Å²) in [6.45, 7) is 4.64. The van der Waals surface area contributed by atoms with E-state index in [2.05, 4.69) is 23.4 Å². The van der Waals surface area contributed by atoms with Crippen LogP contribution in [0.4, 0.5) is 0 Å². The van der Waals surface area contributed by atoms with E-state index in [1.165, 1.54) is 56.5 Å². The molecule has 1 heterocycles. The predicted molar refractivity (Wildman–Crippen MR) is 76.9 cm³/mol. The largest absolute Gasteiger partial charge is 0.316 e. The van der Waals surface area contributed by atoms with Gasteiger partial charge in [-0.2, -0.15) is 0 Å². The lowest BCUT2D eigenvalue weighted by molar-refractivity contribution is 0.158. The van der Waals surface area contributed by atoms with Crippen LogP contribution in [0.1, 0.15) is 43.9 Å². The molecule has 2 saturated carbocycles. The van der Waals surface area contributed by atoms with Crippen molar-refractivity contribution >= 4 is 11.3 Å². The van der Waals surface area contributed by atoms with Crippen molar-refractivity contribution in [2.45, 2.75) is 45.4 Å². The maximum atomic E-state index is 4.25. The number of fused-ring (bicyclic) bond motifs is 2. The van der Waals surface area contributed by atoms with Crippen LogP contribution in [-0.4, -0.2) is 18.1 Å². The Hall–Kier alpha value is -0.410. The minimum Gasteiger partial charge on any atom is -0.316 e. The second-order valence-electron chi connectivity index (χ2n) is 6.26. The zero-order valence-corrected chi connectivity index (χ0v) is 12.1. The molecular formula is C15H24N2S. The smallest absolute Gasteiger partial charge is 0.0794 e. The number of thiazole rings is 1. The predicted octanol–water partition coefficient (Wildman–Crippen LogP) is 3.49. The third-order valence-electron chi connectivity index (χ3n) is 5.02. The fraction of sp³-hybridized carbons (Fsp3) is 0.800. The first-order valence-corrected chi connectivity index (χ1v) is 8.28. The van der Waals surface area contributed by atoms with Gasteiger partial charge in [0.15, 0.2) is 0 Å². The molecule has 3 atom stereocenters. The van der Waals surface area contributed by atoms with Crippen LogP contribution >= 0.6 is 11.3 Å². The zero-order valence-electron chi connectivity index (χ0n) is 11.3. The lowest BCUT2D eigenvalue weighted by Gasteiger charge is -2.38. The van der Waals surface area contributed by atoms with Crippen LogP contribution in [0.25, 0.3) is 0 Å². The SMILES string of the molecule is CCCNCC1(Cc2cncs2)CC2CCC1C2. The van der Waals surface area contributed by atoms with Gasteiger partial charge in [-0.05, 0) is 55.9 Å². The van der Waals surface area contributed by atoms with E-state index in [1.54, 1.807) is 0 Å². The molecule has 100 valence electrons. The lowest BCUT2D eigenvalue weighted by Crippen LogP contribution is -2.40. The molecule has 18 heavy (non-hydrogen) atoms. The van der Waals surface area contributed by atoms with Crippen molar-refractivity contribution in [1.29, 1.82) is 0 Å². The summed E-state index contributed by atoms with van der Waals surface area (Å²) in [4.78, 5) is 5.74. The topological polar surface area (TPSA) is 24.9 Å². The summed E-state index contributed by atoms with van der Waals surface area (Å²) in [5.41, 5.74) is 2.53. The van der Waals surface area contributed by atoms with E-state index in [4.69, 9.17) is 0 Å². The van der Waals surface area contributed by atoms with Crippen molar-refractivity contribution in [3.8, 4) is 0 Å². The van der Waals surface area contributed by atoms with Gasteiger partial charge in [-0.25, -0.2) is 0 Å². The molecule has 1 aromatic heterocycles. The molecule has 0 amide bonds. The van der Waals surface area contributed by atoms with E-state index in [0.29, 0.717) is 5.41 Å². The summed E-state index contributed by atoms with van der Waals surface area (Å²) in [5, 5.41) is 3.70. The second kappa shape index (κ2) is 5.30. The highest BCUT2D eigenvalue weighted by atomic mass is 32.1. The quantitative estimate of drug-likeness (QED) is 0.796. The molecular weight excluding hydrogens is 240 g/mol. The average molecular weight is 264 g/mol.